The molecule has 98 valence electrons. The van der Waals surface area contributed by atoms with Crippen molar-refractivity contribution < 1.29 is 9.53 Å². The summed E-state index contributed by atoms with van der Waals surface area (Å²) in [5.74, 6) is 0. The minimum Gasteiger partial charge on any atom is -0.373 e. The Morgan fingerprint density at radius 2 is 2.00 bits per heavy atom. The van der Waals surface area contributed by atoms with Gasteiger partial charge in [0.2, 0.25) is 0 Å². The predicted octanol–water partition coefficient (Wildman–Crippen LogP) is 1.55. The highest BCUT2D eigenvalue weighted by Crippen LogP contribution is 2.17. The summed E-state index contributed by atoms with van der Waals surface area (Å²) in [4.78, 5) is 23.8. The van der Waals surface area contributed by atoms with Crippen LogP contribution in [-0.2, 0) is 17.9 Å². The lowest BCUT2D eigenvalue weighted by molar-refractivity contribution is 0.0760. The molecular weight excluding hydrogens is 268 g/mol. The Balaban J connectivity index is 2.31. The van der Waals surface area contributed by atoms with Crippen LogP contribution in [0, 0.1) is 0 Å². The lowest BCUT2D eigenvalue weighted by Gasteiger charge is -2.19. The van der Waals surface area contributed by atoms with E-state index < -0.39 is 10.8 Å². The van der Waals surface area contributed by atoms with Crippen molar-refractivity contribution in [1.29, 1.82) is 0 Å². The standard InChI is InChI=1S/C13H11ClN2O3/c14-12(17)11-10-8-19-7-6-15(10)16(13(11)18)9-4-2-1-3-5-9/h1-5H,6-8H2. The first-order valence-corrected chi connectivity index (χ1v) is 6.25. The third-order valence-electron chi connectivity index (χ3n) is 3.13. The van der Waals surface area contributed by atoms with Crippen LogP contribution in [0.25, 0.3) is 5.69 Å². The van der Waals surface area contributed by atoms with Gasteiger partial charge in [0.15, 0.2) is 0 Å². The van der Waals surface area contributed by atoms with Crippen LogP contribution < -0.4 is 5.56 Å². The summed E-state index contributed by atoms with van der Waals surface area (Å²) in [6, 6.07) is 9.16. The maximum atomic E-state index is 12.4. The Morgan fingerprint density at radius 1 is 1.26 bits per heavy atom. The molecular formula is C13H11ClN2O3. The largest absolute Gasteiger partial charge is 0.373 e. The van der Waals surface area contributed by atoms with E-state index in [1.807, 2.05) is 30.3 Å². The molecule has 0 spiro atoms. The molecule has 1 aromatic heterocycles. The van der Waals surface area contributed by atoms with Crippen molar-refractivity contribution in [3.05, 3.63) is 51.9 Å². The zero-order valence-corrected chi connectivity index (χ0v) is 10.8. The second kappa shape index (κ2) is 4.68. The SMILES string of the molecule is O=C(Cl)c1c2n(n(-c3ccccc3)c1=O)CCOC2. The highest BCUT2D eigenvalue weighted by molar-refractivity contribution is 6.67. The van der Waals surface area contributed by atoms with Crippen LogP contribution in [0.15, 0.2) is 35.1 Å². The number of nitrogens with zero attached hydrogens (tertiary/aromatic N) is 2. The molecule has 0 saturated heterocycles. The number of benzene rings is 1. The number of para-hydroxylation sites is 1. The topological polar surface area (TPSA) is 53.2 Å². The monoisotopic (exact) mass is 278 g/mol. The summed E-state index contributed by atoms with van der Waals surface area (Å²) < 4.78 is 8.55. The van der Waals surface area contributed by atoms with Gasteiger partial charge < -0.3 is 4.74 Å². The number of hydrogen-bond acceptors (Lipinski definition) is 3. The Hall–Kier alpha value is -1.85. The van der Waals surface area contributed by atoms with Crippen molar-refractivity contribution in [2.75, 3.05) is 6.61 Å². The average Bonchev–Trinajstić information content (AvgIpc) is 2.71. The zero-order valence-electron chi connectivity index (χ0n) is 10.0. The Bertz CT molecular complexity index is 688. The number of fused-ring (bicyclic) bond motifs is 1. The molecule has 0 radical (unpaired) electrons. The second-order valence-corrected chi connectivity index (χ2v) is 4.57. The van der Waals surface area contributed by atoms with Gasteiger partial charge in [-0.05, 0) is 23.7 Å². The summed E-state index contributed by atoms with van der Waals surface area (Å²) in [6.07, 6.45) is 0. The van der Waals surface area contributed by atoms with Gasteiger partial charge in [0, 0.05) is 0 Å². The highest BCUT2D eigenvalue weighted by atomic mass is 35.5. The fourth-order valence-corrected chi connectivity index (χ4v) is 2.50. The number of ether oxygens (including phenoxy) is 1. The van der Waals surface area contributed by atoms with E-state index in [2.05, 4.69) is 0 Å². The molecule has 0 fully saturated rings. The van der Waals surface area contributed by atoms with E-state index in [1.165, 1.54) is 4.68 Å². The van der Waals surface area contributed by atoms with Crippen LogP contribution in [0.4, 0.5) is 0 Å². The van der Waals surface area contributed by atoms with E-state index >= 15 is 0 Å². The van der Waals surface area contributed by atoms with Crippen molar-refractivity contribution in [1.82, 2.24) is 9.36 Å². The van der Waals surface area contributed by atoms with Crippen LogP contribution in [-0.4, -0.2) is 21.2 Å². The summed E-state index contributed by atoms with van der Waals surface area (Å²) in [5, 5.41) is -0.742. The highest BCUT2D eigenvalue weighted by Gasteiger charge is 2.26. The van der Waals surface area contributed by atoms with Crippen LogP contribution >= 0.6 is 11.6 Å². The van der Waals surface area contributed by atoms with Gasteiger partial charge in [-0.3, -0.25) is 14.3 Å². The van der Waals surface area contributed by atoms with Crippen molar-refractivity contribution in [2.45, 2.75) is 13.2 Å². The van der Waals surface area contributed by atoms with Crippen molar-refractivity contribution in [3.8, 4) is 5.69 Å². The van der Waals surface area contributed by atoms with Gasteiger partial charge in [-0.25, -0.2) is 4.68 Å². The maximum absolute atomic E-state index is 12.4. The summed E-state index contributed by atoms with van der Waals surface area (Å²) in [5.41, 5.74) is 0.858. The van der Waals surface area contributed by atoms with E-state index in [9.17, 15) is 9.59 Å². The van der Waals surface area contributed by atoms with Crippen LogP contribution in [0.3, 0.4) is 0 Å². The molecule has 3 rings (SSSR count). The minimum absolute atomic E-state index is 0.00483. The third-order valence-corrected chi connectivity index (χ3v) is 3.32. The van der Waals surface area contributed by atoms with E-state index in [0.29, 0.717) is 24.5 Å². The molecule has 0 amide bonds. The van der Waals surface area contributed by atoms with Gasteiger partial charge in [-0.15, -0.1) is 0 Å². The smallest absolute Gasteiger partial charge is 0.284 e. The summed E-state index contributed by atoms with van der Waals surface area (Å²) in [6.45, 7) is 1.25. The molecule has 0 aliphatic carbocycles. The number of aromatic nitrogens is 2. The second-order valence-electron chi connectivity index (χ2n) is 4.22. The molecule has 6 heteroatoms. The lowest BCUT2D eigenvalue weighted by Crippen LogP contribution is -2.26. The van der Waals surface area contributed by atoms with Gasteiger partial charge in [-0.1, -0.05) is 18.2 Å². The van der Waals surface area contributed by atoms with Gasteiger partial charge in [0.1, 0.15) is 5.56 Å². The molecule has 0 N–H and O–H groups in total. The fourth-order valence-electron chi connectivity index (χ4n) is 2.31. The average molecular weight is 279 g/mol. The Morgan fingerprint density at radius 3 is 2.68 bits per heavy atom. The van der Waals surface area contributed by atoms with Gasteiger partial charge in [0.05, 0.1) is 31.1 Å². The van der Waals surface area contributed by atoms with E-state index in [0.717, 1.165) is 0 Å². The molecule has 1 aliphatic rings. The van der Waals surface area contributed by atoms with Crippen molar-refractivity contribution in [2.24, 2.45) is 0 Å². The Labute approximate surface area is 113 Å². The molecule has 2 aromatic rings. The van der Waals surface area contributed by atoms with E-state index in [1.54, 1.807) is 4.68 Å². The maximum Gasteiger partial charge on any atom is 0.284 e. The molecule has 5 nitrogen and oxygen atoms in total. The number of carbonyl (C=O) groups excluding carboxylic acids is 1. The molecule has 19 heavy (non-hydrogen) atoms. The van der Waals surface area contributed by atoms with Gasteiger partial charge in [-0.2, -0.15) is 0 Å². The first-order valence-electron chi connectivity index (χ1n) is 5.88. The first kappa shape index (κ1) is 12.2. The number of halogens is 1. The van der Waals surface area contributed by atoms with Gasteiger partial charge in [0.25, 0.3) is 10.8 Å². The van der Waals surface area contributed by atoms with Crippen LogP contribution in [0.5, 0.6) is 0 Å². The van der Waals surface area contributed by atoms with Crippen molar-refractivity contribution in [3.63, 3.8) is 0 Å². The zero-order chi connectivity index (χ0) is 13.4. The Kier molecular flexibility index (Phi) is 3.00. The molecule has 0 bridgehead atoms. The molecule has 1 aliphatic heterocycles. The van der Waals surface area contributed by atoms with Crippen LogP contribution in [0.1, 0.15) is 16.1 Å². The van der Waals surface area contributed by atoms with Crippen LogP contribution in [0.2, 0.25) is 0 Å². The lowest BCUT2D eigenvalue weighted by atomic mass is 10.2. The van der Waals surface area contributed by atoms with E-state index in [4.69, 9.17) is 16.3 Å². The number of carbonyl (C=O) groups is 1. The summed E-state index contributed by atoms with van der Waals surface area (Å²) >= 11 is 5.53. The fraction of sp³-hybridized carbons (Fsp3) is 0.231. The third kappa shape index (κ3) is 1.91. The molecule has 0 unspecified atom stereocenters. The van der Waals surface area contributed by atoms with E-state index in [-0.39, 0.29) is 12.2 Å². The molecule has 1 aromatic carbocycles. The number of rotatable bonds is 2. The molecule has 2 heterocycles. The molecule has 0 atom stereocenters. The number of hydrogen-bond donors (Lipinski definition) is 0. The van der Waals surface area contributed by atoms with Crippen molar-refractivity contribution >= 4 is 16.8 Å². The first-order chi connectivity index (χ1) is 9.20. The quantitative estimate of drug-likeness (QED) is 0.783. The predicted molar refractivity (Wildman–Crippen MR) is 69.9 cm³/mol. The minimum atomic E-state index is -0.742. The normalized spacial score (nSPS) is 14.2. The molecule has 0 saturated carbocycles. The summed E-state index contributed by atoms with van der Waals surface area (Å²) in [7, 11) is 0. The van der Waals surface area contributed by atoms with Gasteiger partial charge >= 0.3 is 0 Å².